The van der Waals surface area contributed by atoms with Gasteiger partial charge in [0.25, 0.3) is 0 Å². The largest absolute Gasteiger partial charge is 0.387 e. The number of epoxide rings is 1. The number of aliphatic hydroxyl groups excluding tert-OH is 1. The van der Waals surface area contributed by atoms with Gasteiger partial charge in [-0.15, -0.1) is 0 Å². The van der Waals surface area contributed by atoms with Gasteiger partial charge >= 0.3 is 0 Å². The molecule has 1 saturated carbocycles. The zero-order valence-electron chi connectivity index (χ0n) is 12.7. The van der Waals surface area contributed by atoms with Crippen LogP contribution < -0.4 is 0 Å². The van der Waals surface area contributed by atoms with E-state index in [1.54, 1.807) is 0 Å². The highest BCUT2D eigenvalue weighted by Crippen LogP contribution is 2.77. The van der Waals surface area contributed by atoms with Crippen molar-refractivity contribution in [2.24, 2.45) is 17.3 Å². The van der Waals surface area contributed by atoms with Crippen molar-refractivity contribution in [2.75, 3.05) is 0 Å². The molecule has 0 radical (unpaired) electrons. The lowest BCUT2D eigenvalue weighted by atomic mass is 9.64. The average molecular weight is 266 g/mol. The van der Waals surface area contributed by atoms with Gasteiger partial charge < -0.3 is 14.6 Å². The molecule has 4 rings (SSSR count). The van der Waals surface area contributed by atoms with Crippen LogP contribution in [0.15, 0.2) is 0 Å². The Balaban J connectivity index is 1.89. The Hall–Kier alpha value is -0.120. The van der Waals surface area contributed by atoms with Crippen LogP contribution in [0.3, 0.4) is 0 Å². The predicted octanol–water partition coefficient (Wildman–Crippen LogP) is 2.51. The smallest absolute Gasteiger partial charge is 0.134 e. The number of fused-ring (bicyclic) bond motifs is 3. The lowest BCUT2D eigenvalue weighted by Gasteiger charge is -2.52. The van der Waals surface area contributed by atoms with E-state index in [1.807, 2.05) is 0 Å². The third-order valence-electron chi connectivity index (χ3n) is 7.06. The molecule has 4 fully saturated rings. The molecule has 1 spiro atoms. The van der Waals surface area contributed by atoms with E-state index in [4.69, 9.17) is 9.47 Å². The van der Waals surface area contributed by atoms with Crippen LogP contribution in [-0.2, 0) is 9.47 Å². The number of hydrogen-bond acceptors (Lipinski definition) is 3. The zero-order chi connectivity index (χ0) is 13.8. The van der Waals surface area contributed by atoms with Gasteiger partial charge in [-0.25, -0.2) is 0 Å². The summed E-state index contributed by atoms with van der Waals surface area (Å²) in [6.07, 6.45) is 2.89. The van der Waals surface area contributed by atoms with E-state index in [1.165, 1.54) is 0 Å². The normalized spacial score (nSPS) is 66.2. The molecule has 0 amide bonds. The molecule has 0 aromatic carbocycles. The van der Waals surface area contributed by atoms with Crippen LogP contribution >= 0.6 is 0 Å². The molecule has 1 aliphatic carbocycles. The quantitative estimate of drug-likeness (QED) is 0.742. The first-order chi connectivity index (χ1) is 8.74. The van der Waals surface area contributed by atoms with Gasteiger partial charge in [0.05, 0.1) is 17.3 Å². The van der Waals surface area contributed by atoms with E-state index in [0.717, 1.165) is 19.3 Å². The van der Waals surface area contributed by atoms with E-state index < -0.39 is 11.7 Å². The zero-order valence-corrected chi connectivity index (χ0v) is 12.7. The lowest BCUT2D eigenvalue weighted by Crippen LogP contribution is -2.66. The Bertz CT molecular complexity index is 449. The van der Waals surface area contributed by atoms with Crippen LogP contribution in [0.25, 0.3) is 0 Å². The van der Waals surface area contributed by atoms with E-state index in [9.17, 15) is 5.11 Å². The summed E-state index contributed by atoms with van der Waals surface area (Å²) in [6, 6.07) is 0. The van der Waals surface area contributed by atoms with Crippen molar-refractivity contribution in [1.82, 2.24) is 0 Å². The van der Waals surface area contributed by atoms with E-state index in [0.29, 0.717) is 11.8 Å². The molecule has 2 bridgehead atoms. The predicted molar refractivity (Wildman–Crippen MR) is 71.8 cm³/mol. The maximum atomic E-state index is 11.2. The SMILES string of the molecule is CC1CC2(C(C)C)OC1C1(C)CCC3(C)OC31C2O. The summed E-state index contributed by atoms with van der Waals surface area (Å²) in [6.45, 7) is 11.1. The van der Waals surface area contributed by atoms with Crippen molar-refractivity contribution in [1.29, 1.82) is 0 Å². The van der Waals surface area contributed by atoms with Crippen LogP contribution in [0, 0.1) is 17.3 Å². The second kappa shape index (κ2) is 3.05. The summed E-state index contributed by atoms with van der Waals surface area (Å²) >= 11 is 0. The van der Waals surface area contributed by atoms with E-state index in [-0.39, 0.29) is 22.7 Å². The minimum atomic E-state index is -0.487. The van der Waals surface area contributed by atoms with Crippen LogP contribution in [0.2, 0.25) is 0 Å². The summed E-state index contributed by atoms with van der Waals surface area (Å²) in [4.78, 5) is 0. The van der Waals surface area contributed by atoms with Crippen molar-refractivity contribution in [3.05, 3.63) is 0 Å². The first-order valence-corrected chi connectivity index (χ1v) is 7.80. The van der Waals surface area contributed by atoms with Gasteiger partial charge in [-0.05, 0) is 38.0 Å². The third-order valence-corrected chi connectivity index (χ3v) is 7.06. The fraction of sp³-hybridized carbons (Fsp3) is 1.00. The van der Waals surface area contributed by atoms with Crippen LogP contribution in [0.5, 0.6) is 0 Å². The highest BCUT2D eigenvalue weighted by atomic mass is 16.7. The minimum absolute atomic E-state index is 0.0184. The molecule has 7 atom stereocenters. The fourth-order valence-corrected chi connectivity index (χ4v) is 5.96. The van der Waals surface area contributed by atoms with Crippen molar-refractivity contribution < 1.29 is 14.6 Å². The molecule has 0 aromatic heterocycles. The van der Waals surface area contributed by atoms with E-state index >= 15 is 0 Å². The summed E-state index contributed by atoms with van der Waals surface area (Å²) in [5.74, 6) is 0.830. The number of hydrogen-bond donors (Lipinski definition) is 1. The summed E-state index contributed by atoms with van der Waals surface area (Å²) in [7, 11) is 0. The Labute approximate surface area is 115 Å². The van der Waals surface area contributed by atoms with Gasteiger partial charge in [-0.2, -0.15) is 0 Å². The van der Waals surface area contributed by atoms with Crippen molar-refractivity contribution in [2.45, 2.75) is 82.9 Å². The topological polar surface area (TPSA) is 42.0 Å². The summed E-state index contributed by atoms with van der Waals surface area (Å²) < 4.78 is 12.7. The first-order valence-electron chi connectivity index (χ1n) is 7.80. The Morgan fingerprint density at radius 1 is 1.21 bits per heavy atom. The van der Waals surface area contributed by atoms with Gasteiger partial charge in [0.1, 0.15) is 11.7 Å². The highest BCUT2D eigenvalue weighted by Gasteiger charge is 2.89. The molecule has 108 valence electrons. The molecule has 3 saturated heterocycles. The van der Waals surface area contributed by atoms with Crippen molar-refractivity contribution in [3.63, 3.8) is 0 Å². The maximum absolute atomic E-state index is 11.2. The molecular formula is C16H26O3. The summed E-state index contributed by atoms with van der Waals surface area (Å²) in [5.41, 5.74) is -0.882. The second-order valence-electron chi connectivity index (χ2n) is 8.22. The van der Waals surface area contributed by atoms with Gasteiger partial charge in [0.15, 0.2) is 0 Å². The molecule has 19 heavy (non-hydrogen) atoms. The third kappa shape index (κ3) is 1.01. The second-order valence-corrected chi connectivity index (χ2v) is 8.22. The van der Waals surface area contributed by atoms with E-state index in [2.05, 4.69) is 34.6 Å². The van der Waals surface area contributed by atoms with Crippen LogP contribution in [0.4, 0.5) is 0 Å². The lowest BCUT2D eigenvalue weighted by molar-refractivity contribution is -0.251. The molecule has 0 aromatic rings. The van der Waals surface area contributed by atoms with Crippen molar-refractivity contribution >= 4 is 0 Å². The first kappa shape index (κ1) is 12.6. The van der Waals surface area contributed by atoms with Gasteiger partial charge in [0, 0.05) is 5.41 Å². The molecule has 7 unspecified atom stereocenters. The number of ether oxygens (including phenoxy) is 2. The molecule has 3 aliphatic heterocycles. The van der Waals surface area contributed by atoms with Crippen LogP contribution in [-0.4, -0.2) is 34.1 Å². The average Bonchev–Trinajstić information content (AvgIpc) is 2.70. The molecule has 3 heterocycles. The minimum Gasteiger partial charge on any atom is -0.387 e. The van der Waals surface area contributed by atoms with Crippen molar-refractivity contribution in [3.8, 4) is 0 Å². The highest BCUT2D eigenvalue weighted by molar-refractivity contribution is 5.36. The van der Waals surface area contributed by atoms with Gasteiger partial charge in [0.2, 0.25) is 0 Å². The molecule has 4 aliphatic rings. The van der Waals surface area contributed by atoms with Gasteiger partial charge in [-0.3, -0.25) is 0 Å². The molecular weight excluding hydrogens is 240 g/mol. The Kier molecular flexibility index (Phi) is 2.02. The van der Waals surface area contributed by atoms with Crippen LogP contribution in [0.1, 0.15) is 53.9 Å². The molecule has 3 heteroatoms. The maximum Gasteiger partial charge on any atom is 0.134 e. The standard InChI is InChI=1S/C16H26O3/c1-9(2)15-8-10(3)11(18-15)13(4)6-7-14(5)16(13,19-14)12(15)17/h9-12,17H,6-8H2,1-5H3. The summed E-state index contributed by atoms with van der Waals surface area (Å²) in [5, 5.41) is 11.2. The Morgan fingerprint density at radius 3 is 2.47 bits per heavy atom. The number of rotatable bonds is 1. The Morgan fingerprint density at radius 2 is 1.89 bits per heavy atom. The number of aliphatic hydroxyl groups is 1. The molecule has 3 nitrogen and oxygen atoms in total. The monoisotopic (exact) mass is 266 g/mol. The van der Waals surface area contributed by atoms with Gasteiger partial charge in [-0.1, -0.05) is 27.7 Å². The fourth-order valence-electron chi connectivity index (χ4n) is 5.96. The molecule has 1 N–H and O–H groups in total.